The third-order valence-corrected chi connectivity index (χ3v) is 5.76. The lowest BCUT2D eigenvalue weighted by Crippen LogP contribution is -2.32. The van der Waals surface area contributed by atoms with Crippen molar-refractivity contribution in [1.29, 1.82) is 0 Å². The van der Waals surface area contributed by atoms with Crippen LogP contribution >= 0.6 is 0 Å². The molecule has 2 aromatic heterocycles. The van der Waals surface area contributed by atoms with Gasteiger partial charge in [-0.15, -0.1) is 10.2 Å². The molecule has 6 rings (SSSR count). The van der Waals surface area contributed by atoms with Gasteiger partial charge in [-0.05, 0) is 41.8 Å². The Morgan fingerprint density at radius 2 is 1.57 bits per heavy atom. The Labute approximate surface area is 172 Å². The number of hydrogen-bond donors (Lipinski definition) is 0. The van der Waals surface area contributed by atoms with E-state index in [0.29, 0.717) is 17.0 Å². The van der Waals surface area contributed by atoms with Gasteiger partial charge in [0.05, 0.1) is 11.1 Å². The molecule has 1 aliphatic heterocycles. The Morgan fingerprint density at radius 1 is 0.800 bits per heavy atom. The van der Waals surface area contributed by atoms with Crippen molar-refractivity contribution in [2.75, 3.05) is 11.4 Å². The maximum Gasteiger partial charge on any atom is 0.214 e. The molecule has 0 atom stereocenters. The molecule has 0 amide bonds. The number of benzene rings is 3. The lowest BCUT2D eigenvalue weighted by atomic mass is 10.0. The van der Waals surface area contributed by atoms with Crippen LogP contribution in [0.2, 0.25) is 0 Å². The zero-order valence-corrected chi connectivity index (χ0v) is 16.2. The van der Waals surface area contributed by atoms with Crippen molar-refractivity contribution in [3.05, 3.63) is 89.7 Å². The van der Waals surface area contributed by atoms with Crippen LogP contribution in [0.4, 0.5) is 10.3 Å². The van der Waals surface area contributed by atoms with Crippen molar-refractivity contribution in [1.82, 2.24) is 19.6 Å². The minimum absolute atomic E-state index is 0.324. The summed E-state index contributed by atoms with van der Waals surface area (Å²) in [5.74, 6) is 0.881. The second-order valence-corrected chi connectivity index (χ2v) is 7.53. The molecule has 5 nitrogen and oxygen atoms in total. The Morgan fingerprint density at radius 3 is 2.47 bits per heavy atom. The van der Waals surface area contributed by atoms with Gasteiger partial charge in [-0.2, -0.15) is 0 Å². The second kappa shape index (κ2) is 6.62. The molecule has 0 saturated heterocycles. The molecule has 0 spiro atoms. The number of hydrogen-bond acceptors (Lipinski definition) is 4. The van der Waals surface area contributed by atoms with Crippen LogP contribution in [0, 0.1) is 5.82 Å². The molecule has 0 unspecified atom stereocenters. The van der Waals surface area contributed by atoms with Crippen molar-refractivity contribution in [3.63, 3.8) is 0 Å². The zero-order valence-electron chi connectivity index (χ0n) is 16.2. The van der Waals surface area contributed by atoms with Crippen LogP contribution in [0.15, 0.2) is 72.8 Å². The second-order valence-electron chi connectivity index (χ2n) is 7.53. The van der Waals surface area contributed by atoms with Gasteiger partial charge in [-0.25, -0.2) is 13.8 Å². The largest absolute Gasteiger partial charge is 0.337 e. The number of anilines is 1. The van der Waals surface area contributed by atoms with E-state index in [4.69, 9.17) is 4.98 Å². The quantitative estimate of drug-likeness (QED) is 0.437. The summed E-state index contributed by atoms with van der Waals surface area (Å²) < 4.78 is 16.5. The van der Waals surface area contributed by atoms with E-state index >= 15 is 0 Å². The number of nitrogens with zero attached hydrogens (tertiary/aromatic N) is 5. The van der Waals surface area contributed by atoms with Gasteiger partial charge in [0.2, 0.25) is 5.95 Å². The van der Waals surface area contributed by atoms with Gasteiger partial charge in [0.15, 0.2) is 11.5 Å². The van der Waals surface area contributed by atoms with Crippen LogP contribution in [0.25, 0.3) is 27.9 Å². The smallest absolute Gasteiger partial charge is 0.214 e. The van der Waals surface area contributed by atoms with E-state index in [1.807, 2.05) is 34.7 Å². The summed E-state index contributed by atoms with van der Waals surface area (Å²) in [5, 5.41) is 9.72. The third-order valence-electron chi connectivity index (χ3n) is 5.76. The maximum atomic E-state index is 14.7. The Bertz CT molecular complexity index is 1410. The summed E-state index contributed by atoms with van der Waals surface area (Å²) in [6.07, 6.45) is 0.934. The van der Waals surface area contributed by atoms with Crippen LogP contribution in [0.5, 0.6) is 0 Å². The first-order chi connectivity index (χ1) is 14.8. The molecule has 0 N–H and O–H groups in total. The predicted molar refractivity (Wildman–Crippen MR) is 115 cm³/mol. The molecule has 0 saturated carbocycles. The van der Waals surface area contributed by atoms with E-state index in [2.05, 4.69) is 39.4 Å². The molecule has 5 aromatic rings. The van der Waals surface area contributed by atoms with Crippen LogP contribution in [0.3, 0.4) is 0 Å². The first kappa shape index (κ1) is 17.1. The van der Waals surface area contributed by atoms with Crippen molar-refractivity contribution in [2.45, 2.75) is 13.0 Å². The first-order valence-electron chi connectivity index (χ1n) is 10.00. The van der Waals surface area contributed by atoms with Crippen molar-refractivity contribution < 1.29 is 4.39 Å². The molecule has 6 heteroatoms. The van der Waals surface area contributed by atoms with E-state index in [1.165, 1.54) is 17.2 Å². The Balaban J connectivity index is 1.62. The summed E-state index contributed by atoms with van der Waals surface area (Å²) in [4.78, 5) is 7.21. The van der Waals surface area contributed by atoms with Gasteiger partial charge in [0.1, 0.15) is 5.82 Å². The molecule has 146 valence electrons. The molecular weight excluding hydrogens is 377 g/mol. The molecule has 0 fully saturated rings. The summed E-state index contributed by atoms with van der Waals surface area (Å²) in [6.45, 7) is 1.57. The number of fused-ring (bicyclic) bond motifs is 4. The summed E-state index contributed by atoms with van der Waals surface area (Å²) >= 11 is 0. The molecule has 30 heavy (non-hydrogen) atoms. The monoisotopic (exact) mass is 395 g/mol. The van der Waals surface area contributed by atoms with Crippen LogP contribution in [-0.4, -0.2) is 26.1 Å². The van der Waals surface area contributed by atoms with Crippen LogP contribution in [0.1, 0.15) is 11.1 Å². The highest BCUT2D eigenvalue weighted by molar-refractivity contribution is 5.93. The van der Waals surface area contributed by atoms with Gasteiger partial charge in [0, 0.05) is 18.5 Å². The molecule has 3 heterocycles. The van der Waals surface area contributed by atoms with Gasteiger partial charge in [0.25, 0.3) is 0 Å². The number of aromatic nitrogens is 4. The lowest BCUT2D eigenvalue weighted by Gasteiger charge is -2.30. The van der Waals surface area contributed by atoms with Gasteiger partial charge >= 0.3 is 0 Å². The molecule has 0 aliphatic carbocycles. The minimum Gasteiger partial charge on any atom is -0.337 e. The highest BCUT2D eigenvalue weighted by Gasteiger charge is 2.24. The van der Waals surface area contributed by atoms with Gasteiger partial charge in [-0.1, -0.05) is 48.5 Å². The van der Waals surface area contributed by atoms with E-state index in [0.717, 1.165) is 36.4 Å². The normalized spacial score (nSPS) is 13.7. The summed E-state index contributed by atoms with van der Waals surface area (Å²) in [6, 6.07) is 23.0. The fraction of sp³-hybridized carbons (Fsp3) is 0.125. The minimum atomic E-state index is -0.324. The molecule has 1 aliphatic rings. The average molecular weight is 395 g/mol. The van der Waals surface area contributed by atoms with Crippen molar-refractivity contribution in [2.24, 2.45) is 0 Å². The average Bonchev–Trinajstić information content (AvgIpc) is 3.24. The molecule has 0 radical (unpaired) electrons. The highest BCUT2D eigenvalue weighted by atomic mass is 19.1. The molecule has 3 aromatic carbocycles. The van der Waals surface area contributed by atoms with E-state index in [9.17, 15) is 4.39 Å². The fourth-order valence-corrected chi connectivity index (χ4v) is 4.26. The van der Waals surface area contributed by atoms with E-state index in [-0.39, 0.29) is 5.82 Å². The van der Waals surface area contributed by atoms with E-state index < -0.39 is 0 Å². The SMILES string of the molecule is Fc1ccccc1-c1nnc2c3ccccc3nc(N3CCc4ccccc4C3)n12. The fourth-order valence-electron chi connectivity index (χ4n) is 4.26. The standard InChI is InChI=1S/C24H18FN5/c25-20-11-5-3-9-18(20)22-27-28-23-19-10-4-6-12-21(19)26-24(30(22)23)29-14-13-16-7-1-2-8-17(16)15-29/h1-12H,13-15H2. The number of para-hydroxylation sites is 1. The van der Waals surface area contributed by atoms with Crippen LogP contribution < -0.4 is 4.90 Å². The number of rotatable bonds is 2. The Hall–Kier alpha value is -3.80. The van der Waals surface area contributed by atoms with Crippen molar-refractivity contribution >= 4 is 22.5 Å². The van der Waals surface area contributed by atoms with Gasteiger partial charge in [-0.3, -0.25) is 0 Å². The summed E-state index contributed by atoms with van der Waals surface area (Å²) in [5.41, 5.74) is 4.61. The maximum absolute atomic E-state index is 14.7. The molecule has 0 bridgehead atoms. The van der Waals surface area contributed by atoms with Crippen molar-refractivity contribution in [3.8, 4) is 11.4 Å². The number of halogens is 1. The molecular formula is C24H18FN5. The summed E-state index contributed by atoms with van der Waals surface area (Å²) in [7, 11) is 0. The van der Waals surface area contributed by atoms with Crippen LogP contribution in [-0.2, 0) is 13.0 Å². The first-order valence-corrected chi connectivity index (χ1v) is 10.00. The highest BCUT2D eigenvalue weighted by Crippen LogP contribution is 2.31. The van der Waals surface area contributed by atoms with E-state index in [1.54, 1.807) is 12.1 Å². The van der Waals surface area contributed by atoms with Gasteiger partial charge < -0.3 is 4.90 Å². The Kier molecular flexibility index (Phi) is 3.77. The predicted octanol–water partition coefficient (Wildman–Crippen LogP) is 4.65. The third kappa shape index (κ3) is 2.57. The zero-order chi connectivity index (χ0) is 20.1. The topological polar surface area (TPSA) is 46.3 Å². The lowest BCUT2D eigenvalue weighted by molar-refractivity contribution is 0.629.